The highest BCUT2D eigenvalue weighted by Gasteiger charge is 2.23. The van der Waals surface area contributed by atoms with E-state index in [0.29, 0.717) is 18.9 Å². The molecule has 2 atom stereocenters. The second kappa shape index (κ2) is 11.6. The van der Waals surface area contributed by atoms with E-state index in [4.69, 9.17) is 9.47 Å². The number of ether oxygens (including phenoxy) is 2. The van der Waals surface area contributed by atoms with Crippen LogP contribution in [-0.4, -0.2) is 25.3 Å². The van der Waals surface area contributed by atoms with E-state index in [1.54, 1.807) is 0 Å². The zero-order valence-corrected chi connectivity index (χ0v) is 13.6. The van der Waals surface area contributed by atoms with Crippen molar-refractivity contribution < 1.29 is 14.3 Å². The molecule has 0 radical (unpaired) electrons. The number of hydrogen-bond donors (Lipinski definition) is 0. The minimum Gasteiger partial charge on any atom is -0.463 e. The van der Waals surface area contributed by atoms with Gasteiger partial charge in [-0.1, -0.05) is 44.1 Å². The van der Waals surface area contributed by atoms with Gasteiger partial charge in [-0.2, -0.15) is 0 Å². The Balaban J connectivity index is 1.88. The van der Waals surface area contributed by atoms with E-state index in [2.05, 4.69) is 38.2 Å². The third-order valence-corrected chi connectivity index (χ3v) is 3.57. The molecule has 1 rings (SSSR count). The minimum atomic E-state index is -0.0811. The maximum Gasteiger partial charge on any atom is 0.305 e. The Kier molecular flexibility index (Phi) is 9.88. The number of unbranched alkanes of at least 4 members (excludes halogenated alkanes) is 3. The van der Waals surface area contributed by atoms with Crippen molar-refractivity contribution in [2.24, 2.45) is 5.92 Å². The number of esters is 1. The van der Waals surface area contributed by atoms with Gasteiger partial charge < -0.3 is 9.47 Å². The summed E-state index contributed by atoms with van der Waals surface area (Å²) in [6.07, 6.45) is 16.3. The van der Waals surface area contributed by atoms with Crippen molar-refractivity contribution in [2.45, 2.75) is 64.9 Å². The van der Waals surface area contributed by atoms with E-state index in [1.807, 2.05) is 0 Å². The predicted molar refractivity (Wildman–Crippen MR) is 86.1 cm³/mol. The highest BCUT2D eigenvalue weighted by atomic mass is 16.6. The second-order valence-corrected chi connectivity index (χ2v) is 5.79. The van der Waals surface area contributed by atoms with Crippen molar-refractivity contribution in [1.82, 2.24) is 0 Å². The number of rotatable bonds is 12. The highest BCUT2D eigenvalue weighted by Crippen LogP contribution is 2.13. The largest absolute Gasteiger partial charge is 0.463 e. The maximum atomic E-state index is 11.4. The molecular formula is C18H30O3. The van der Waals surface area contributed by atoms with Gasteiger partial charge in [-0.3, -0.25) is 4.79 Å². The monoisotopic (exact) mass is 294 g/mol. The molecule has 0 N–H and O–H groups in total. The first-order valence-electron chi connectivity index (χ1n) is 8.27. The fourth-order valence-corrected chi connectivity index (χ4v) is 2.12. The van der Waals surface area contributed by atoms with Gasteiger partial charge in [0.25, 0.3) is 0 Å². The van der Waals surface area contributed by atoms with Gasteiger partial charge in [0.05, 0.1) is 6.61 Å². The number of hydrogen-bond acceptors (Lipinski definition) is 3. The zero-order valence-electron chi connectivity index (χ0n) is 13.6. The molecule has 21 heavy (non-hydrogen) atoms. The molecule has 0 aromatic heterocycles. The molecule has 0 saturated carbocycles. The molecule has 0 aliphatic carbocycles. The van der Waals surface area contributed by atoms with Crippen LogP contribution in [0.25, 0.3) is 0 Å². The van der Waals surface area contributed by atoms with Crippen LogP contribution >= 0.6 is 0 Å². The zero-order chi connectivity index (χ0) is 15.3. The van der Waals surface area contributed by atoms with Crippen molar-refractivity contribution in [1.29, 1.82) is 0 Å². The minimum absolute atomic E-state index is 0.0811. The number of carbonyl (C=O) groups excluding carboxylic acids is 1. The lowest BCUT2D eigenvalue weighted by molar-refractivity contribution is -0.144. The molecule has 3 nitrogen and oxygen atoms in total. The Hall–Kier alpha value is -1.09. The molecule has 0 amide bonds. The van der Waals surface area contributed by atoms with Crippen molar-refractivity contribution in [3.63, 3.8) is 0 Å². The maximum absolute atomic E-state index is 11.4. The van der Waals surface area contributed by atoms with E-state index in [9.17, 15) is 4.79 Å². The summed E-state index contributed by atoms with van der Waals surface area (Å²) in [5.41, 5.74) is 0. The first kappa shape index (κ1) is 18.0. The molecule has 3 heteroatoms. The smallest absolute Gasteiger partial charge is 0.305 e. The molecule has 1 aliphatic rings. The Bertz CT molecular complexity index is 329. The molecular weight excluding hydrogens is 264 g/mol. The summed E-state index contributed by atoms with van der Waals surface area (Å²) in [5.74, 6) is 0.553. The fourth-order valence-electron chi connectivity index (χ4n) is 2.12. The van der Waals surface area contributed by atoms with Crippen LogP contribution in [0.1, 0.15) is 58.8 Å². The Morgan fingerprint density at radius 1 is 1.29 bits per heavy atom. The standard InChI is InChI=1S/C18H30O3/c1-3-4-5-6-8-11-16(2)12-9-7-10-13-18(19)21-15-17-14-20-17/h3-4,8,11,16-17H,5-7,9-10,12-15H2,1-2H3/b4-3+,11-8+. The summed E-state index contributed by atoms with van der Waals surface area (Å²) < 4.78 is 10.1. The summed E-state index contributed by atoms with van der Waals surface area (Å²) in [7, 11) is 0. The molecule has 0 spiro atoms. The molecule has 1 aliphatic heterocycles. The number of carbonyl (C=O) groups is 1. The molecule has 1 fully saturated rings. The van der Waals surface area contributed by atoms with E-state index in [0.717, 1.165) is 32.3 Å². The van der Waals surface area contributed by atoms with Gasteiger partial charge >= 0.3 is 5.97 Å². The first-order valence-corrected chi connectivity index (χ1v) is 8.27. The predicted octanol–water partition coefficient (Wildman–Crippen LogP) is 4.43. The second-order valence-electron chi connectivity index (χ2n) is 5.79. The topological polar surface area (TPSA) is 38.8 Å². The van der Waals surface area contributed by atoms with Gasteiger partial charge in [0.1, 0.15) is 12.7 Å². The molecule has 2 unspecified atom stereocenters. The number of allylic oxidation sites excluding steroid dienone is 4. The third-order valence-electron chi connectivity index (χ3n) is 3.57. The summed E-state index contributed by atoms with van der Waals surface area (Å²) in [6.45, 7) is 5.50. The Morgan fingerprint density at radius 2 is 2.05 bits per heavy atom. The van der Waals surface area contributed by atoms with E-state index in [1.165, 1.54) is 12.8 Å². The summed E-state index contributed by atoms with van der Waals surface area (Å²) in [5, 5.41) is 0. The number of epoxide rings is 1. The van der Waals surface area contributed by atoms with Crippen LogP contribution < -0.4 is 0 Å². The van der Waals surface area contributed by atoms with Gasteiger partial charge in [-0.15, -0.1) is 0 Å². The van der Waals surface area contributed by atoms with Gasteiger partial charge in [0, 0.05) is 6.42 Å². The first-order chi connectivity index (χ1) is 10.2. The molecule has 0 bridgehead atoms. The summed E-state index contributed by atoms with van der Waals surface area (Å²) in [6, 6.07) is 0. The van der Waals surface area contributed by atoms with Crippen LogP contribution in [0.2, 0.25) is 0 Å². The van der Waals surface area contributed by atoms with Crippen LogP contribution in [0.5, 0.6) is 0 Å². The Labute approximate surface area is 129 Å². The molecule has 120 valence electrons. The molecule has 1 heterocycles. The van der Waals surface area contributed by atoms with Crippen molar-refractivity contribution in [2.75, 3.05) is 13.2 Å². The fraction of sp³-hybridized carbons (Fsp3) is 0.722. The van der Waals surface area contributed by atoms with Gasteiger partial charge in [-0.25, -0.2) is 0 Å². The van der Waals surface area contributed by atoms with E-state index < -0.39 is 0 Å². The molecule has 0 aromatic carbocycles. The summed E-state index contributed by atoms with van der Waals surface area (Å²) >= 11 is 0. The van der Waals surface area contributed by atoms with E-state index in [-0.39, 0.29) is 12.1 Å². The average Bonchev–Trinajstić information content (AvgIpc) is 3.28. The lowest BCUT2D eigenvalue weighted by Gasteiger charge is -2.06. The third kappa shape index (κ3) is 11.3. The van der Waals surface area contributed by atoms with Crippen LogP contribution in [-0.2, 0) is 14.3 Å². The van der Waals surface area contributed by atoms with Crippen LogP contribution in [0.4, 0.5) is 0 Å². The lowest BCUT2D eigenvalue weighted by atomic mass is 10.0. The van der Waals surface area contributed by atoms with Gasteiger partial charge in [0.15, 0.2) is 0 Å². The SMILES string of the molecule is C/C=C/CC/C=C/C(C)CCCCCC(=O)OCC1CO1. The van der Waals surface area contributed by atoms with Crippen LogP contribution in [0.15, 0.2) is 24.3 Å². The van der Waals surface area contributed by atoms with Gasteiger partial charge in [0.2, 0.25) is 0 Å². The van der Waals surface area contributed by atoms with Crippen molar-refractivity contribution in [3.8, 4) is 0 Å². The quantitative estimate of drug-likeness (QED) is 0.231. The molecule has 0 aromatic rings. The van der Waals surface area contributed by atoms with Crippen LogP contribution in [0.3, 0.4) is 0 Å². The normalized spacial score (nSPS) is 19.2. The summed E-state index contributed by atoms with van der Waals surface area (Å²) in [4.78, 5) is 11.4. The van der Waals surface area contributed by atoms with Crippen LogP contribution in [0, 0.1) is 5.92 Å². The molecule has 1 saturated heterocycles. The Morgan fingerprint density at radius 3 is 2.76 bits per heavy atom. The van der Waals surface area contributed by atoms with Crippen molar-refractivity contribution >= 4 is 5.97 Å². The lowest BCUT2D eigenvalue weighted by Crippen LogP contribution is -2.09. The van der Waals surface area contributed by atoms with E-state index >= 15 is 0 Å². The van der Waals surface area contributed by atoms with Crippen molar-refractivity contribution in [3.05, 3.63) is 24.3 Å². The van der Waals surface area contributed by atoms with Gasteiger partial charge in [-0.05, 0) is 38.5 Å². The highest BCUT2D eigenvalue weighted by molar-refractivity contribution is 5.69. The average molecular weight is 294 g/mol.